The number of esters is 1. The maximum Gasteiger partial charge on any atom is 0.307 e. The van der Waals surface area contributed by atoms with Gasteiger partial charge in [0.05, 0.1) is 12.3 Å². The zero-order valence-corrected chi connectivity index (χ0v) is 14.7. The van der Waals surface area contributed by atoms with Gasteiger partial charge >= 0.3 is 11.9 Å². The van der Waals surface area contributed by atoms with E-state index in [-0.39, 0.29) is 12.3 Å². The fourth-order valence-corrected chi connectivity index (χ4v) is 2.67. The molecule has 0 rings (SSSR count). The van der Waals surface area contributed by atoms with Crippen molar-refractivity contribution in [1.82, 2.24) is 0 Å². The Morgan fingerprint density at radius 3 is 2.32 bits per heavy atom. The van der Waals surface area contributed by atoms with Crippen molar-refractivity contribution in [3.8, 4) is 0 Å². The number of rotatable bonds is 10. The Bertz CT molecular complexity index is 368. The van der Waals surface area contributed by atoms with E-state index in [4.69, 9.17) is 4.74 Å². The Morgan fingerprint density at radius 2 is 1.91 bits per heavy atom. The summed E-state index contributed by atoms with van der Waals surface area (Å²) in [5.41, 5.74) is -0.584. The molecule has 0 saturated carbocycles. The molecule has 0 aliphatic carbocycles. The zero-order chi connectivity index (χ0) is 17.3. The van der Waals surface area contributed by atoms with Gasteiger partial charge in [-0.1, -0.05) is 26.3 Å². The molecule has 0 amide bonds. The van der Waals surface area contributed by atoms with Crippen LogP contribution in [0.4, 0.5) is 0 Å². The van der Waals surface area contributed by atoms with Gasteiger partial charge in [-0.25, -0.2) is 0 Å². The highest BCUT2D eigenvalue weighted by molar-refractivity contribution is 5.79. The first-order valence-electron chi connectivity index (χ1n) is 8.16. The molecule has 0 aliphatic heterocycles. The van der Waals surface area contributed by atoms with Gasteiger partial charge in [0.15, 0.2) is 0 Å². The smallest absolute Gasteiger partial charge is 0.307 e. The van der Waals surface area contributed by atoms with E-state index in [1.165, 1.54) is 0 Å². The predicted molar refractivity (Wildman–Crippen MR) is 88.6 cm³/mol. The second-order valence-corrected chi connectivity index (χ2v) is 7.11. The molecule has 3 atom stereocenters. The second kappa shape index (κ2) is 9.65. The fourth-order valence-electron chi connectivity index (χ4n) is 2.67. The SMILES string of the molecule is C=CCCC(C)C[C@@H](CC)C(CC(=O)OC(C)(C)C)C(=O)O. The molecule has 2 unspecified atom stereocenters. The predicted octanol–water partition coefficient (Wildman–Crippen LogP) is 4.44. The molecule has 128 valence electrons. The monoisotopic (exact) mass is 312 g/mol. The van der Waals surface area contributed by atoms with Crippen LogP contribution in [0.1, 0.15) is 66.7 Å². The second-order valence-electron chi connectivity index (χ2n) is 7.11. The molecule has 0 heterocycles. The lowest BCUT2D eigenvalue weighted by Crippen LogP contribution is -2.31. The van der Waals surface area contributed by atoms with Gasteiger partial charge < -0.3 is 9.84 Å². The summed E-state index contributed by atoms with van der Waals surface area (Å²) in [6.45, 7) is 13.2. The summed E-state index contributed by atoms with van der Waals surface area (Å²) in [5, 5.41) is 9.49. The number of allylic oxidation sites excluding steroid dienone is 1. The Hall–Kier alpha value is -1.32. The molecule has 1 N–H and O–H groups in total. The van der Waals surface area contributed by atoms with Gasteiger partial charge in [-0.15, -0.1) is 6.58 Å². The van der Waals surface area contributed by atoms with Crippen LogP contribution in [0.25, 0.3) is 0 Å². The third-order valence-corrected chi connectivity index (χ3v) is 3.79. The normalized spacial score (nSPS) is 15.7. The summed E-state index contributed by atoms with van der Waals surface area (Å²) in [4.78, 5) is 23.5. The van der Waals surface area contributed by atoms with Crippen LogP contribution < -0.4 is 0 Å². The number of hydrogen-bond acceptors (Lipinski definition) is 3. The maximum absolute atomic E-state index is 12.0. The van der Waals surface area contributed by atoms with Crippen molar-refractivity contribution < 1.29 is 19.4 Å². The van der Waals surface area contributed by atoms with Crippen molar-refractivity contribution in [2.75, 3.05) is 0 Å². The maximum atomic E-state index is 12.0. The highest BCUT2D eigenvalue weighted by Crippen LogP contribution is 2.29. The van der Waals surface area contributed by atoms with Crippen LogP contribution in [0.3, 0.4) is 0 Å². The van der Waals surface area contributed by atoms with Gasteiger partial charge in [0.2, 0.25) is 0 Å². The van der Waals surface area contributed by atoms with Gasteiger partial charge in [0, 0.05) is 0 Å². The highest BCUT2D eigenvalue weighted by Gasteiger charge is 2.32. The van der Waals surface area contributed by atoms with E-state index in [0.29, 0.717) is 5.92 Å². The van der Waals surface area contributed by atoms with Crippen molar-refractivity contribution in [3.63, 3.8) is 0 Å². The summed E-state index contributed by atoms with van der Waals surface area (Å²) in [7, 11) is 0. The lowest BCUT2D eigenvalue weighted by atomic mass is 9.80. The van der Waals surface area contributed by atoms with Crippen molar-refractivity contribution in [3.05, 3.63) is 12.7 Å². The highest BCUT2D eigenvalue weighted by atomic mass is 16.6. The fraction of sp³-hybridized carbons (Fsp3) is 0.778. The van der Waals surface area contributed by atoms with Crippen LogP contribution in [-0.2, 0) is 14.3 Å². The molecule has 0 bridgehead atoms. The third-order valence-electron chi connectivity index (χ3n) is 3.79. The Balaban J connectivity index is 4.77. The number of carboxylic acids is 1. The molecular weight excluding hydrogens is 280 g/mol. The van der Waals surface area contributed by atoms with Crippen molar-refractivity contribution in [2.24, 2.45) is 17.8 Å². The minimum absolute atomic E-state index is 0.00941. The summed E-state index contributed by atoms with van der Waals surface area (Å²) in [6.07, 6.45) is 5.31. The van der Waals surface area contributed by atoms with Crippen molar-refractivity contribution >= 4 is 11.9 Å². The largest absolute Gasteiger partial charge is 0.481 e. The van der Waals surface area contributed by atoms with E-state index in [2.05, 4.69) is 13.5 Å². The van der Waals surface area contributed by atoms with Crippen LogP contribution in [0.2, 0.25) is 0 Å². The number of aliphatic carboxylic acids is 1. The lowest BCUT2D eigenvalue weighted by molar-refractivity contribution is -0.161. The summed E-state index contributed by atoms with van der Waals surface area (Å²) >= 11 is 0. The number of hydrogen-bond donors (Lipinski definition) is 1. The summed E-state index contributed by atoms with van der Waals surface area (Å²) in [6, 6.07) is 0. The quantitative estimate of drug-likeness (QED) is 0.478. The Kier molecular flexibility index (Phi) is 9.07. The van der Waals surface area contributed by atoms with E-state index in [0.717, 1.165) is 25.7 Å². The first-order valence-corrected chi connectivity index (χ1v) is 8.16. The topological polar surface area (TPSA) is 63.6 Å². The zero-order valence-electron chi connectivity index (χ0n) is 14.7. The summed E-state index contributed by atoms with van der Waals surface area (Å²) in [5.74, 6) is -1.61. The molecule has 0 aromatic rings. The molecule has 0 spiro atoms. The lowest BCUT2D eigenvalue weighted by Gasteiger charge is -2.26. The molecule has 22 heavy (non-hydrogen) atoms. The van der Waals surface area contributed by atoms with Crippen LogP contribution in [0, 0.1) is 17.8 Å². The van der Waals surface area contributed by atoms with Gasteiger partial charge in [-0.05, 0) is 51.9 Å². The minimum atomic E-state index is -0.909. The van der Waals surface area contributed by atoms with Crippen LogP contribution in [-0.4, -0.2) is 22.6 Å². The first kappa shape index (κ1) is 20.7. The third kappa shape index (κ3) is 8.85. The number of ether oxygens (including phenoxy) is 1. The van der Waals surface area contributed by atoms with Gasteiger partial charge in [0.1, 0.15) is 5.60 Å². The van der Waals surface area contributed by atoms with E-state index in [1.807, 2.05) is 13.0 Å². The Labute approximate surface area is 134 Å². The molecule has 0 saturated heterocycles. The van der Waals surface area contributed by atoms with E-state index in [9.17, 15) is 14.7 Å². The number of carbonyl (C=O) groups is 2. The first-order chi connectivity index (χ1) is 10.1. The molecule has 0 aromatic carbocycles. The molecule has 0 fully saturated rings. The van der Waals surface area contributed by atoms with Crippen LogP contribution in [0.5, 0.6) is 0 Å². The number of carboxylic acid groups (broad SMARTS) is 1. The van der Waals surface area contributed by atoms with Gasteiger partial charge in [-0.3, -0.25) is 9.59 Å². The van der Waals surface area contributed by atoms with E-state index < -0.39 is 23.5 Å². The van der Waals surface area contributed by atoms with E-state index >= 15 is 0 Å². The van der Waals surface area contributed by atoms with Crippen molar-refractivity contribution in [1.29, 1.82) is 0 Å². The molecule has 0 aliphatic rings. The standard InChI is InChI=1S/C18H32O4/c1-7-9-10-13(3)11-14(8-2)15(17(20)21)12-16(19)22-18(4,5)6/h7,13-15H,1,8-12H2,2-6H3,(H,20,21)/t13?,14-,15?/m1/s1. The average Bonchev–Trinajstić information content (AvgIpc) is 2.37. The summed E-state index contributed by atoms with van der Waals surface area (Å²) < 4.78 is 5.27. The van der Waals surface area contributed by atoms with Crippen LogP contribution in [0.15, 0.2) is 12.7 Å². The average molecular weight is 312 g/mol. The van der Waals surface area contributed by atoms with Gasteiger partial charge in [0.25, 0.3) is 0 Å². The van der Waals surface area contributed by atoms with Gasteiger partial charge in [-0.2, -0.15) is 0 Å². The molecule has 4 nitrogen and oxygen atoms in total. The Morgan fingerprint density at radius 1 is 1.32 bits per heavy atom. The molecule has 0 radical (unpaired) electrons. The van der Waals surface area contributed by atoms with Crippen molar-refractivity contribution in [2.45, 2.75) is 72.3 Å². The number of carbonyl (C=O) groups excluding carboxylic acids is 1. The van der Waals surface area contributed by atoms with Crippen LogP contribution >= 0.6 is 0 Å². The molecular formula is C18H32O4. The molecule has 0 aromatic heterocycles. The van der Waals surface area contributed by atoms with E-state index in [1.54, 1.807) is 20.8 Å². The minimum Gasteiger partial charge on any atom is -0.481 e. The molecule has 4 heteroatoms.